The van der Waals surface area contributed by atoms with Gasteiger partial charge in [-0.2, -0.15) is 0 Å². The molecule has 0 bridgehead atoms. The third-order valence-corrected chi connectivity index (χ3v) is 6.67. The van der Waals surface area contributed by atoms with E-state index in [0.29, 0.717) is 11.3 Å². The van der Waals surface area contributed by atoms with E-state index in [0.717, 1.165) is 19.3 Å². The molecule has 0 aromatic rings. The van der Waals surface area contributed by atoms with Gasteiger partial charge in [0.15, 0.2) is 6.29 Å². The van der Waals surface area contributed by atoms with Gasteiger partial charge >= 0.3 is 0 Å². The maximum absolute atomic E-state index is 10.6. The predicted molar refractivity (Wildman–Crippen MR) is 111 cm³/mol. The molecule has 2 nitrogen and oxygen atoms in total. The summed E-state index contributed by atoms with van der Waals surface area (Å²) < 4.78 is 6.08. The summed E-state index contributed by atoms with van der Waals surface area (Å²) in [6, 6.07) is 0. The second-order valence-electron chi connectivity index (χ2n) is 10.8. The largest absolute Gasteiger partial charge is 0.367 e. The summed E-state index contributed by atoms with van der Waals surface area (Å²) in [5.41, 5.74) is 1.91. The molecule has 0 aliphatic heterocycles. The van der Waals surface area contributed by atoms with E-state index in [1.54, 1.807) is 0 Å². The van der Waals surface area contributed by atoms with Gasteiger partial charge in [-0.3, -0.25) is 0 Å². The van der Waals surface area contributed by atoms with Gasteiger partial charge in [-0.1, -0.05) is 79.0 Å². The van der Waals surface area contributed by atoms with Crippen LogP contribution in [0.4, 0.5) is 0 Å². The average Bonchev–Trinajstić information content (AvgIpc) is 2.98. The Balaban J connectivity index is 2.05. The first kappa shape index (κ1) is 21.7. The van der Waals surface area contributed by atoms with Crippen molar-refractivity contribution in [3.63, 3.8) is 0 Å². The van der Waals surface area contributed by atoms with E-state index in [-0.39, 0.29) is 16.9 Å². The van der Waals surface area contributed by atoms with Gasteiger partial charge in [0.25, 0.3) is 0 Å². The molecule has 2 rings (SSSR count). The molecular formula is C24H42O2. The summed E-state index contributed by atoms with van der Waals surface area (Å²) in [5.74, 6) is 0.631. The van der Waals surface area contributed by atoms with Gasteiger partial charge in [0.1, 0.15) is 0 Å². The zero-order valence-electron chi connectivity index (χ0n) is 18.3. The Hall–Kier alpha value is -0.600. The first-order valence-corrected chi connectivity index (χ1v) is 10.7. The molecular weight excluding hydrogens is 320 g/mol. The zero-order valence-corrected chi connectivity index (χ0v) is 18.3. The van der Waals surface area contributed by atoms with Crippen LogP contribution in [0, 0.1) is 22.7 Å². The Morgan fingerprint density at radius 1 is 1.19 bits per heavy atom. The van der Waals surface area contributed by atoms with Crippen LogP contribution in [0.15, 0.2) is 23.8 Å². The highest BCUT2D eigenvalue weighted by atomic mass is 16.6. The first-order valence-electron chi connectivity index (χ1n) is 10.7. The van der Waals surface area contributed by atoms with E-state index >= 15 is 0 Å². The second kappa shape index (κ2) is 8.19. The Morgan fingerprint density at radius 3 is 2.27 bits per heavy atom. The Kier molecular flexibility index (Phi) is 6.83. The molecule has 3 unspecified atom stereocenters. The van der Waals surface area contributed by atoms with Crippen molar-refractivity contribution in [2.75, 3.05) is 0 Å². The van der Waals surface area contributed by atoms with Gasteiger partial charge < -0.3 is 9.84 Å². The van der Waals surface area contributed by atoms with Gasteiger partial charge in [0.05, 0.1) is 5.60 Å². The van der Waals surface area contributed by atoms with Crippen molar-refractivity contribution in [1.29, 1.82) is 0 Å². The van der Waals surface area contributed by atoms with E-state index in [4.69, 9.17) is 4.74 Å². The van der Waals surface area contributed by atoms with E-state index < -0.39 is 6.29 Å². The van der Waals surface area contributed by atoms with Crippen LogP contribution in [-0.4, -0.2) is 17.0 Å². The normalized spacial score (nSPS) is 25.8. The van der Waals surface area contributed by atoms with Gasteiger partial charge in [0.2, 0.25) is 0 Å². The summed E-state index contributed by atoms with van der Waals surface area (Å²) in [6.45, 7) is 16.2. The van der Waals surface area contributed by atoms with Crippen LogP contribution >= 0.6 is 0 Å². The molecule has 2 aliphatic rings. The van der Waals surface area contributed by atoms with Crippen LogP contribution in [0.1, 0.15) is 93.4 Å². The lowest BCUT2D eigenvalue weighted by Crippen LogP contribution is -2.35. The molecule has 1 fully saturated rings. The van der Waals surface area contributed by atoms with Crippen molar-refractivity contribution in [2.24, 2.45) is 22.7 Å². The summed E-state index contributed by atoms with van der Waals surface area (Å²) in [7, 11) is 0. The van der Waals surface area contributed by atoms with Gasteiger partial charge in [-0.05, 0) is 54.9 Å². The zero-order chi connectivity index (χ0) is 19.6. The fraction of sp³-hybridized carbons (Fsp3) is 0.833. The SMILES string of the molecule is CCC(C)(C)C(CC(C)(C)C)C1=CCC(C(O)OC2(C)CCCC2)C=C1. The average molecular weight is 363 g/mol. The summed E-state index contributed by atoms with van der Waals surface area (Å²) in [4.78, 5) is 0. The van der Waals surface area contributed by atoms with Crippen LogP contribution in [0.5, 0.6) is 0 Å². The molecule has 1 N–H and O–H groups in total. The van der Waals surface area contributed by atoms with Crippen LogP contribution in [0.25, 0.3) is 0 Å². The monoisotopic (exact) mass is 362 g/mol. The highest BCUT2D eigenvalue weighted by Crippen LogP contribution is 2.44. The van der Waals surface area contributed by atoms with Gasteiger partial charge in [-0.15, -0.1) is 0 Å². The molecule has 0 heterocycles. The van der Waals surface area contributed by atoms with Crippen LogP contribution in [-0.2, 0) is 4.74 Å². The standard InChI is InChI=1S/C24H42O2/c1-8-23(5,6)20(17-22(2,3)4)18-11-13-19(14-12-18)21(25)26-24(7)15-9-10-16-24/h11-13,19-21,25H,8-10,14-17H2,1-7H3. The quantitative estimate of drug-likeness (QED) is 0.514. The lowest BCUT2D eigenvalue weighted by Gasteiger charge is -2.40. The molecule has 26 heavy (non-hydrogen) atoms. The topological polar surface area (TPSA) is 29.5 Å². The predicted octanol–water partition coefficient (Wildman–Crippen LogP) is 6.65. The Bertz CT molecular complexity index is 515. The highest BCUT2D eigenvalue weighted by Gasteiger charge is 2.36. The number of rotatable bonds is 7. The van der Waals surface area contributed by atoms with Crippen molar-refractivity contribution in [3.8, 4) is 0 Å². The molecule has 150 valence electrons. The molecule has 0 aromatic heterocycles. The number of aliphatic hydroxyl groups excluding tert-OH is 1. The third kappa shape index (κ3) is 5.70. The molecule has 0 radical (unpaired) electrons. The van der Waals surface area contributed by atoms with Crippen LogP contribution < -0.4 is 0 Å². The molecule has 2 heteroatoms. The van der Waals surface area contributed by atoms with Crippen molar-refractivity contribution in [2.45, 2.75) is 105 Å². The van der Waals surface area contributed by atoms with Gasteiger partial charge in [0, 0.05) is 5.92 Å². The minimum absolute atomic E-state index is 0.0798. The lowest BCUT2D eigenvalue weighted by atomic mass is 9.66. The number of allylic oxidation sites excluding steroid dienone is 3. The number of hydrogen-bond donors (Lipinski definition) is 1. The molecule has 1 saturated carbocycles. The van der Waals surface area contributed by atoms with E-state index in [9.17, 15) is 5.11 Å². The second-order valence-corrected chi connectivity index (χ2v) is 10.8. The number of ether oxygens (including phenoxy) is 1. The molecule has 0 spiro atoms. The van der Waals surface area contributed by atoms with Crippen LogP contribution in [0.2, 0.25) is 0 Å². The minimum atomic E-state index is -0.688. The smallest absolute Gasteiger partial charge is 0.161 e. The van der Waals surface area contributed by atoms with Crippen LogP contribution in [0.3, 0.4) is 0 Å². The highest BCUT2D eigenvalue weighted by molar-refractivity contribution is 5.28. The number of hydrogen-bond acceptors (Lipinski definition) is 2. The minimum Gasteiger partial charge on any atom is -0.367 e. The summed E-state index contributed by atoms with van der Waals surface area (Å²) in [5, 5.41) is 10.6. The van der Waals surface area contributed by atoms with Crippen molar-refractivity contribution < 1.29 is 9.84 Å². The molecule has 2 aliphatic carbocycles. The lowest BCUT2D eigenvalue weighted by molar-refractivity contribution is -0.193. The Labute approximate surface area is 162 Å². The molecule has 3 atom stereocenters. The third-order valence-electron chi connectivity index (χ3n) is 6.67. The van der Waals surface area contributed by atoms with Gasteiger partial charge in [-0.25, -0.2) is 0 Å². The maximum atomic E-state index is 10.6. The molecule has 0 aromatic carbocycles. The first-order chi connectivity index (χ1) is 12.0. The van der Waals surface area contributed by atoms with E-state index in [2.05, 4.69) is 66.7 Å². The number of aliphatic hydroxyl groups is 1. The van der Waals surface area contributed by atoms with Crippen molar-refractivity contribution in [1.82, 2.24) is 0 Å². The summed E-state index contributed by atoms with van der Waals surface area (Å²) >= 11 is 0. The fourth-order valence-corrected chi connectivity index (χ4v) is 4.45. The summed E-state index contributed by atoms with van der Waals surface area (Å²) in [6.07, 6.45) is 13.9. The van der Waals surface area contributed by atoms with Crippen molar-refractivity contribution in [3.05, 3.63) is 23.8 Å². The molecule has 0 saturated heterocycles. The fourth-order valence-electron chi connectivity index (χ4n) is 4.45. The van der Waals surface area contributed by atoms with E-state index in [1.807, 2.05) is 0 Å². The maximum Gasteiger partial charge on any atom is 0.161 e. The van der Waals surface area contributed by atoms with E-state index in [1.165, 1.54) is 31.3 Å². The van der Waals surface area contributed by atoms with Crippen molar-refractivity contribution >= 4 is 0 Å². The molecule has 0 amide bonds. The Morgan fingerprint density at radius 2 is 1.81 bits per heavy atom.